The number of ether oxygens (including phenoxy) is 1. The van der Waals surface area contributed by atoms with Gasteiger partial charge in [0, 0.05) is 12.6 Å². The third-order valence-corrected chi connectivity index (χ3v) is 2.38. The molecule has 0 aliphatic carbocycles. The fourth-order valence-corrected chi connectivity index (χ4v) is 1.45. The molecular formula is C16H21NO3. The van der Waals surface area contributed by atoms with Crippen molar-refractivity contribution >= 4 is 18.1 Å². The van der Waals surface area contributed by atoms with Crippen LogP contribution in [0.3, 0.4) is 0 Å². The van der Waals surface area contributed by atoms with Crippen LogP contribution in [0.1, 0.15) is 39.7 Å². The van der Waals surface area contributed by atoms with Crippen molar-refractivity contribution in [3.05, 3.63) is 42.1 Å². The molecule has 0 bridgehead atoms. The van der Waals surface area contributed by atoms with Crippen molar-refractivity contribution in [2.24, 2.45) is 0 Å². The maximum Gasteiger partial charge on any atom is 0.421 e. The van der Waals surface area contributed by atoms with Crippen molar-refractivity contribution in [1.82, 2.24) is 4.90 Å². The summed E-state index contributed by atoms with van der Waals surface area (Å²) in [6.45, 7) is 7.00. The summed E-state index contributed by atoms with van der Waals surface area (Å²) in [7, 11) is 0. The maximum atomic E-state index is 12.0. The van der Waals surface area contributed by atoms with E-state index in [1.54, 1.807) is 33.8 Å². The van der Waals surface area contributed by atoms with E-state index >= 15 is 0 Å². The molecule has 0 saturated heterocycles. The van der Waals surface area contributed by atoms with Crippen LogP contribution < -0.4 is 0 Å². The molecule has 0 atom stereocenters. The normalized spacial score (nSPS) is 11.4. The van der Waals surface area contributed by atoms with Crippen LogP contribution in [0.2, 0.25) is 0 Å². The zero-order chi connectivity index (χ0) is 15.2. The van der Waals surface area contributed by atoms with Crippen LogP contribution in [0.4, 0.5) is 4.79 Å². The van der Waals surface area contributed by atoms with Gasteiger partial charge in [-0.1, -0.05) is 37.3 Å². The summed E-state index contributed by atoms with van der Waals surface area (Å²) >= 11 is 0. The van der Waals surface area contributed by atoms with Crippen LogP contribution >= 0.6 is 0 Å². The first-order valence-corrected chi connectivity index (χ1v) is 6.62. The highest BCUT2D eigenvalue weighted by Gasteiger charge is 2.24. The topological polar surface area (TPSA) is 46.6 Å². The number of carbonyl (C=O) groups is 2. The van der Waals surface area contributed by atoms with Gasteiger partial charge in [0.25, 0.3) is 0 Å². The molecule has 0 heterocycles. The molecule has 4 nitrogen and oxygen atoms in total. The number of benzene rings is 1. The minimum Gasteiger partial charge on any atom is -0.443 e. The van der Waals surface area contributed by atoms with E-state index in [0.717, 1.165) is 10.5 Å². The Kier molecular flexibility index (Phi) is 5.50. The summed E-state index contributed by atoms with van der Waals surface area (Å²) in [5.41, 5.74) is 0.272. The molecule has 0 spiro atoms. The molecule has 0 fully saturated rings. The summed E-state index contributed by atoms with van der Waals surface area (Å²) in [6.07, 6.45) is 2.74. The van der Waals surface area contributed by atoms with Gasteiger partial charge in [0.2, 0.25) is 5.91 Å². The van der Waals surface area contributed by atoms with Crippen molar-refractivity contribution < 1.29 is 14.3 Å². The molecule has 4 heteroatoms. The fourth-order valence-electron chi connectivity index (χ4n) is 1.45. The predicted octanol–water partition coefficient (Wildman–Crippen LogP) is 3.83. The standard InChI is InChI=1S/C16H21NO3/c1-5-14(18)17(15(19)20-16(2,3)4)12-11-13-9-7-6-8-10-13/h6-12H,5H2,1-4H3. The molecule has 20 heavy (non-hydrogen) atoms. The number of nitrogens with zero attached hydrogens (tertiary/aromatic N) is 1. The Balaban J connectivity index is 2.88. The van der Waals surface area contributed by atoms with Crippen molar-refractivity contribution in [3.63, 3.8) is 0 Å². The van der Waals surface area contributed by atoms with Crippen molar-refractivity contribution in [2.45, 2.75) is 39.7 Å². The highest BCUT2D eigenvalue weighted by molar-refractivity contribution is 5.93. The number of hydrogen-bond acceptors (Lipinski definition) is 3. The smallest absolute Gasteiger partial charge is 0.421 e. The average Bonchev–Trinajstić information content (AvgIpc) is 2.37. The van der Waals surface area contributed by atoms with Crippen LogP contribution in [-0.4, -0.2) is 22.5 Å². The lowest BCUT2D eigenvalue weighted by Crippen LogP contribution is -2.37. The lowest BCUT2D eigenvalue weighted by Gasteiger charge is -2.23. The highest BCUT2D eigenvalue weighted by Crippen LogP contribution is 2.12. The number of amides is 2. The Hall–Kier alpha value is -2.10. The first-order chi connectivity index (χ1) is 9.33. The van der Waals surface area contributed by atoms with Crippen molar-refractivity contribution in [1.29, 1.82) is 0 Å². The van der Waals surface area contributed by atoms with E-state index in [-0.39, 0.29) is 12.3 Å². The molecule has 108 valence electrons. The lowest BCUT2D eigenvalue weighted by molar-refractivity contribution is -0.127. The second kappa shape index (κ2) is 6.89. The monoisotopic (exact) mass is 275 g/mol. The largest absolute Gasteiger partial charge is 0.443 e. The minimum absolute atomic E-state index is 0.234. The molecule has 0 unspecified atom stereocenters. The van der Waals surface area contributed by atoms with E-state index in [1.165, 1.54) is 6.20 Å². The van der Waals surface area contributed by atoms with Gasteiger partial charge >= 0.3 is 6.09 Å². The zero-order valence-corrected chi connectivity index (χ0v) is 12.4. The Labute approximate surface area is 120 Å². The van der Waals surface area contributed by atoms with Gasteiger partial charge in [-0.05, 0) is 32.4 Å². The molecule has 0 N–H and O–H groups in total. The second-order valence-electron chi connectivity index (χ2n) is 5.32. The van der Waals surface area contributed by atoms with Gasteiger partial charge in [-0.2, -0.15) is 0 Å². The summed E-state index contributed by atoms with van der Waals surface area (Å²) in [6, 6.07) is 9.46. The van der Waals surface area contributed by atoms with Crippen LogP contribution in [0.25, 0.3) is 6.08 Å². The van der Waals surface area contributed by atoms with Gasteiger partial charge < -0.3 is 4.74 Å². The summed E-state index contributed by atoms with van der Waals surface area (Å²) in [4.78, 5) is 24.9. The van der Waals surface area contributed by atoms with E-state index < -0.39 is 11.7 Å². The van der Waals surface area contributed by atoms with Crippen LogP contribution in [0, 0.1) is 0 Å². The number of carbonyl (C=O) groups excluding carboxylic acids is 2. The zero-order valence-electron chi connectivity index (χ0n) is 12.4. The second-order valence-corrected chi connectivity index (χ2v) is 5.32. The Bertz CT molecular complexity index is 486. The van der Waals surface area contributed by atoms with E-state index in [1.807, 2.05) is 30.3 Å². The fraction of sp³-hybridized carbons (Fsp3) is 0.375. The quantitative estimate of drug-likeness (QED) is 0.842. The lowest BCUT2D eigenvalue weighted by atomic mass is 10.2. The molecule has 1 aromatic rings. The minimum atomic E-state index is -0.656. The molecule has 0 aromatic heterocycles. The third kappa shape index (κ3) is 5.26. The van der Waals surface area contributed by atoms with Crippen molar-refractivity contribution in [2.75, 3.05) is 0 Å². The van der Waals surface area contributed by atoms with Crippen LogP contribution in [-0.2, 0) is 9.53 Å². The van der Waals surface area contributed by atoms with Gasteiger partial charge in [-0.25, -0.2) is 9.69 Å². The highest BCUT2D eigenvalue weighted by atomic mass is 16.6. The Morgan fingerprint density at radius 3 is 2.30 bits per heavy atom. The molecule has 2 amide bonds. The summed E-state index contributed by atoms with van der Waals surface area (Å²) in [5, 5.41) is 0. The molecule has 0 saturated carbocycles. The van der Waals surface area contributed by atoms with E-state index in [2.05, 4.69) is 0 Å². The van der Waals surface area contributed by atoms with E-state index in [9.17, 15) is 9.59 Å². The van der Waals surface area contributed by atoms with E-state index in [0.29, 0.717) is 0 Å². The number of imide groups is 1. The molecular weight excluding hydrogens is 254 g/mol. The van der Waals surface area contributed by atoms with Gasteiger partial charge in [0.15, 0.2) is 0 Å². The van der Waals surface area contributed by atoms with Crippen molar-refractivity contribution in [3.8, 4) is 0 Å². The Morgan fingerprint density at radius 2 is 1.80 bits per heavy atom. The Morgan fingerprint density at radius 1 is 1.20 bits per heavy atom. The average molecular weight is 275 g/mol. The molecule has 1 rings (SSSR count). The van der Waals surface area contributed by atoms with Crippen LogP contribution in [0.15, 0.2) is 36.5 Å². The third-order valence-electron chi connectivity index (χ3n) is 2.38. The van der Waals surface area contributed by atoms with Gasteiger partial charge in [0.05, 0.1) is 0 Å². The summed E-state index contributed by atoms with van der Waals surface area (Å²) < 4.78 is 5.23. The molecule has 0 radical (unpaired) electrons. The van der Waals surface area contributed by atoms with E-state index in [4.69, 9.17) is 4.74 Å². The molecule has 1 aromatic carbocycles. The molecule has 0 aliphatic rings. The maximum absolute atomic E-state index is 12.0. The SMILES string of the molecule is CCC(=O)N(C=Cc1ccccc1)C(=O)OC(C)(C)C. The van der Waals surface area contributed by atoms with Crippen LogP contribution in [0.5, 0.6) is 0 Å². The predicted molar refractivity (Wildman–Crippen MR) is 78.8 cm³/mol. The first-order valence-electron chi connectivity index (χ1n) is 6.62. The first kappa shape index (κ1) is 16.0. The van der Waals surface area contributed by atoms with Gasteiger partial charge in [-0.15, -0.1) is 0 Å². The number of hydrogen-bond donors (Lipinski definition) is 0. The number of rotatable bonds is 3. The van der Waals surface area contributed by atoms with Gasteiger partial charge in [0.1, 0.15) is 5.60 Å². The van der Waals surface area contributed by atoms with Gasteiger partial charge in [-0.3, -0.25) is 4.79 Å². The molecule has 0 aliphatic heterocycles. The summed E-state index contributed by atoms with van der Waals surface area (Å²) in [5.74, 6) is -0.300.